The average Bonchev–Trinajstić information content (AvgIpc) is 3.24. The van der Waals surface area contributed by atoms with Crippen molar-refractivity contribution in [3.05, 3.63) is 78.1 Å². The summed E-state index contributed by atoms with van der Waals surface area (Å²) in [7, 11) is 1.43. The van der Waals surface area contributed by atoms with Gasteiger partial charge in [0.05, 0.1) is 7.11 Å². The maximum atomic E-state index is 12.3. The van der Waals surface area contributed by atoms with Crippen LogP contribution < -0.4 is 4.74 Å². The van der Waals surface area contributed by atoms with Gasteiger partial charge in [-0.1, -0.05) is 81.5 Å². The number of aromatic nitrogens is 1. The Balaban J connectivity index is 1.64. The van der Waals surface area contributed by atoms with Crippen molar-refractivity contribution in [1.29, 1.82) is 0 Å². The number of hydrogen-bond acceptors (Lipinski definition) is 3. The number of aryl methyl sites for hydroxylation is 1. The first-order valence-corrected chi connectivity index (χ1v) is 11.3. The molecule has 0 spiro atoms. The Labute approximate surface area is 185 Å². The van der Waals surface area contributed by atoms with Crippen LogP contribution in [0.2, 0.25) is 0 Å². The van der Waals surface area contributed by atoms with E-state index in [2.05, 4.69) is 25.3 Å². The Morgan fingerprint density at radius 3 is 2.29 bits per heavy atom. The highest BCUT2D eigenvalue weighted by atomic mass is 16.5. The van der Waals surface area contributed by atoms with E-state index in [1.807, 2.05) is 53.1 Å². The molecule has 31 heavy (non-hydrogen) atoms. The molecule has 1 heterocycles. The van der Waals surface area contributed by atoms with Gasteiger partial charge in [-0.3, -0.25) is 0 Å². The van der Waals surface area contributed by atoms with E-state index in [1.165, 1.54) is 39.2 Å². The van der Waals surface area contributed by atoms with Crippen LogP contribution in [-0.4, -0.2) is 17.6 Å². The molecule has 1 aromatic heterocycles. The van der Waals surface area contributed by atoms with Gasteiger partial charge in [-0.25, -0.2) is 4.79 Å². The van der Waals surface area contributed by atoms with Gasteiger partial charge in [0, 0.05) is 18.3 Å². The van der Waals surface area contributed by atoms with Gasteiger partial charge in [0.1, 0.15) is 18.1 Å². The van der Waals surface area contributed by atoms with Gasteiger partial charge in [-0.05, 0) is 35.7 Å². The number of carbonyl (C=O) groups is 1. The van der Waals surface area contributed by atoms with E-state index in [0.29, 0.717) is 12.3 Å². The molecular weight excluding hydrogens is 386 g/mol. The highest BCUT2D eigenvalue weighted by Gasteiger charge is 2.15. The number of esters is 1. The molecule has 0 N–H and O–H groups in total. The second-order valence-electron chi connectivity index (χ2n) is 7.87. The first kappa shape index (κ1) is 22.7. The zero-order valence-corrected chi connectivity index (χ0v) is 18.7. The van der Waals surface area contributed by atoms with Crippen molar-refractivity contribution >= 4 is 5.97 Å². The Kier molecular flexibility index (Phi) is 8.77. The Bertz CT molecular complexity index is 929. The molecule has 0 atom stereocenters. The van der Waals surface area contributed by atoms with Crippen molar-refractivity contribution in [2.24, 2.45) is 0 Å². The molecule has 3 rings (SSSR count). The monoisotopic (exact) mass is 419 g/mol. The van der Waals surface area contributed by atoms with E-state index >= 15 is 0 Å². The number of nitrogens with zero attached hydrogens (tertiary/aromatic N) is 1. The minimum absolute atomic E-state index is 0.292. The molecule has 0 saturated heterocycles. The van der Waals surface area contributed by atoms with Crippen LogP contribution >= 0.6 is 0 Å². The predicted octanol–water partition coefficient (Wildman–Crippen LogP) is 6.88. The van der Waals surface area contributed by atoms with Gasteiger partial charge in [-0.2, -0.15) is 0 Å². The summed E-state index contributed by atoms with van der Waals surface area (Å²) in [4.78, 5) is 12.3. The third kappa shape index (κ3) is 6.74. The summed E-state index contributed by atoms with van der Waals surface area (Å²) in [6, 6.07) is 20.1. The highest BCUT2D eigenvalue weighted by Crippen LogP contribution is 2.26. The number of carbonyl (C=O) groups excluding carboxylic acids is 1. The van der Waals surface area contributed by atoms with Gasteiger partial charge in [0.2, 0.25) is 0 Å². The van der Waals surface area contributed by atoms with Crippen LogP contribution in [0.5, 0.6) is 5.75 Å². The predicted molar refractivity (Wildman–Crippen MR) is 125 cm³/mol. The molecule has 0 fully saturated rings. The van der Waals surface area contributed by atoms with Crippen LogP contribution in [0.1, 0.15) is 61.5 Å². The third-order valence-corrected chi connectivity index (χ3v) is 5.48. The lowest BCUT2D eigenvalue weighted by atomic mass is 10.1. The molecule has 0 aliphatic rings. The standard InChI is InChI=1S/C27H33NO3/c1-3-4-5-6-7-11-18-28-20-24(19-26(28)27(29)30-2)23-14-16-25(17-15-23)31-21-22-12-9-8-10-13-22/h8-10,12-17,19-20H,3-7,11,18,21H2,1-2H3. The molecule has 0 aliphatic heterocycles. The summed E-state index contributed by atoms with van der Waals surface area (Å²) in [5.74, 6) is 0.535. The Morgan fingerprint density at radius 1 is 0.871 bits per heavy atom. The quantitative estimate of drug-likeness (QED) is 0.237. The van der Waals surface area contributed by atoms with E-state index in [0.717, 1.165) is 35.4 Å². The number of benzene rings is 2. The summed E-state index contributed by atoms with van der Waals surface area (Å²) < 4.78 is 12.9. The van der Waals surface area contributed by atoms with E-state index in [1.54, 1.807) is 0 Å². The van der Waals surface area contributed by atoms with Gasteiger partial charge < -0.3 is 14.0 Å². The van der Waals surface area contributed by atoms with Crippen LogP contribution in [-0.2, 0) is 17.9 Å². The number of unbranched alkanes of at least 4 members (excludes halogenated alkanes) is 5. The number of rotatable bonds is 12. The number of ether oxygens (including phenoxy) is 2. The molecule has 2 aromatic carbocycles. The molecule has 4 nitrogen and oxygen atoms in total. The molecule has 0 aliphatic carbocycles. The zero-order valence-electron chi connectivity index (χ0n) is 18.7. The molecule has 0 saturated carbocycles. The van der Waals surface area contributed by atoms with Crippen LogP contribution in [0.25, 0.3) is 11.1 Å². The van der Waals surface area contributed by atoms with Crippen molar-refractivity contribution in [2.75, 3.05) is 7.11 Å². The third-order valence-electron chi connectivity index (χ3n) is 5.48. The van der Waals surface area contributed by atoms with E-state index in [4.69, 9.17) is 9.47 Å². The Morgan fingerprint density at radius 2 is 1.58 bits per heavy atom. The van der Waals surface area contributed by atoms with Crippen LogP contribution in [0.15, 0.2) is 66.9 Å². The molecule has 0 unspecified atom stereocenters. The first-order chi connectivity index (χ1) is 15.2. The van der Waals surface area contributed by atoms with Crippen molar-refractivity contribution in [3.63, 3.8) is 0 Å². The lowest BCUT2D eigenvalue weighted by Crippen LogP contribution is -2.10. The average molecular weight is 420 g/mol. The fourth-order valence-electron chi connectivity index (χ4n) is 3.68. The summed E-state index contributed by atoms with van der Waals surface area (Å²) in [5.41, 5.74) is 3.82. The lowest BCUT2D eigenvalue weighted by Gasteiger charge is -2.08. The first-order valence-electron chi connectivity index (χ1n) is 11.3. The maximum absolute atomic E-state index is 12.3. The molecule has 0 bridgehead atoms. The van der Waals surface area contributed by atoms with E-state index in [9.17, 15) is 4.79 Å². The van der Waals surface area contributed by atoms with Gasteiger partial charge in [-0.15, -0.1) is 0 Å². The molecule has 0 radical (unpaired) electrons. The van der Waals surface area contributed by atoms with Crippen molar-refractivity contribution in [1.82, 2.24) is 4.57 Å². The minimum atomic E-state index is -0.292. The zero-order chi connectivity index (χ0) is 21.9. The number of hydrogen-bond donors (Lipinski definition) is 0. The topological polar surface area (TPSA) is 40.5 Å². The largest absolute Gasteiger partial charge is 0.489 e. The van der Waals surface area contributed by atoms with Gasteiger partial charge in [0.25, 0.3) is 0 Å². The second kappa shape index (κ2) is 12.0. The summed E-state index contributed by atoms with van der Waals surface area (Å²) in [6.07, 6.45) is 9.39. The van der Waals surface area contributed by atoms with Crippen LogP contribution in [0.3, 0.4) is 0 Å². The number of methoxy groups -OCH3 is 1. The molecule has 3 aromatic rings. The fourth-order valence-corrected chi connectivity index (χ4v) is 3.68. The van der Waals surface area contributed by atoms with Gasteiger partial charge >= 0.3 is 5.97 Å². The molecular formula is C27H33NO3. The fraction of sp³-hybridized carbons (Fsp3) is 0.370. The lowest BCUT2D eigenvalue weighted by molar-refractivity contribution is 0.0588. The summed E-state index contributed by atoms with van der Waals surface area (Å²) in [6.45, 7) is 3.60. The van der Waals surface area contributed by atoms with Crippen LogP contribution in [0, 0.1) is 0 Å². The Hall–Kier alpha value is -3.01. The highest BCUT2D eigenvalue weighted by molar-refractivity contribution is 5.89. The molecule has 4 heteroatoms. The summed E-state index contributed by atoms with van der Waals surface area (Å²) >= 11 is 0. The van der Waals surface area contributed by atoms with Crippen LogP contribution in [0.4, 0.5) is 0 Å². The summed E-state index contributed by atoms with van der Waals surface area (Å²) in [5, 5.41) is 0. The maximum Gasteiger partial charge on any atom is 0.354 e. The van der Waals surface area contributed by atoms with Crippen molar-refractivity contribution in [2.45, 2.75) is 58.6 Å². The van der Waals surface area contributed by atoms with Gasteiger partial charge in [0.15, 0.2) is 0 Å². The van der Waals surface area contributed by atoms with Crippen molar-refractivity contribution in [3.8, 4) is 16.9 Å². The molecule has 164 valence electrons. The van der Waals surface area contributed by atoms with E-state index < -0.39 is 0 Å². The molecule has 0 amide bonds. The SMILES string of the molecule is CCCCCCCCn1cc(-c2ccc(OCc3ccccc3)cc2)cc1C(=O)OC. The minimum Gasteiger partial charge on any atom is -0.489 e. The smallest absolute Gasteiger partial charge is 0.354 e. The normalized spacial score (nSPS) is 10.8. The second-order valence-corrected chi connectivity index (χ2v) is 7.87. The van der Waals surface area contributed by atoms with Crippen molar-refractivity contribution < 1.29 is 14.3 Å². The van der Waals surface area contributed by atoms with E-state index in [-0.39, 0.29) is 5.97 Å².